The fourth-order valence-corrected chi connectivity index (χ4v) is 3.72. The maximum Gasteiger partial charge on any atom is 0.225 e. The number of carbonyl (C=O) groups excluding carboxylic acids is 1. The van der Waals surface area contributed by atoms with Crippen LogP contribution in [0.1, 0.15) is 18.9 Å². The van der Waals surface area contributed by atoms with Gasteiger partial charge in [0, 0.05) is 31.4 Å². The molecule has 150 valence electrons. The lowest BCUT2D eigenvalue weighted by Crippen LogP contribution is -2.56. The number of piperazine rings is 1. The number of hydrogen-bond acceptors (Lipinski definition) is 5. The van der Waals surface area contributed by atoms with E-state index in [0.29, 0.717) is 25.4 Å². The minimum Gasteiger partial charge on any atom is -0.504 e. The third kappa shape index (κ3) is 4.75. The summed E-state index contributed by atoms with van der Waals surface area (Å²) in [5.74, 6) is 0.524. The van der Waals surface area contributed by atoms with Crippen LogP contribution in [0.15, 0.2) is 48.5 Å². The summed E-state index contributed by atoms with van der Waals surface area (Å²) < 4.78 is 5.13. The predicted molar refractivity (Wildman–Crippen MR) is 109 cm³/mol. The first kappa shape index (κ1) is 20.0. The molecular weight excluding hydrogens is 356 g/mol. The molecule has 6 nitrogen and oxygen atoms in total. The average Bonchev–Trinajstić information content (AvgIpc) is 2.68. The highest BCUT2D eigenvalue weighted by molar-refractivity contribution is 5.77. The molecule has 0 aliphatic carbocycles. The van der Waals surface area contributed by atoms with Crippen molar-refractivity contribution in [3.8, 4) is 11.5 Å². The lowest BCUT2D eigenvalue weighted by atomic mass is 10.0. The molecule has 0 unspecified atom stereocenters. The van der Waals surface area contributed by atoms with Crippen molar-refractivity contribution >= 4 is 11.6 Å². The fourth-order valence-electron chi connectivity index (χ4n) is 3.72. The molecule has 2 atom stereocenters. The lowest BCUT2D eigenvalue weighted by molar-refractivity contribution is -0.135. The van der Waals surface area contributed by atoms with Gasteiger partial charge in [-0.2, -0.15) is 0 Å². The van der Waals surface area contributed by atoms with E-state index in [-0.39, 0.29) is 24.1 Å². The summed E-state index contributed by atoms with van der Waals surface area (Å²) >= 11 is 0. The molecule has 3 rings (SSSR count). The Labute approximate surface area is 166 Å². The first-order chi connectivity index (χ1) is 13.5. The molecule has 1 saturated heterocycles. The van der Waals surface area contributed by atoms with Crippen molar-refractivity contribution in [2.75, 3.05) is 31.6 Å². The Bertz CT molecular complexity index is 794. The molecule has 0 saturated carbocycles. The van der Waals surface area contributed by atoms with Gasteiger partial charge in [0.15, 0.2) is 11.5 Å². The number of phenols is 1. The van der Waals surface area contributed by atoms with E-state index in [1.54, 1.807) is 19.1 Å². The van der Waals surface area contributed by atoms with Crippen LogP contribution in [0, 0.1) is 0 Å². The van der Waals surface area contributed by atoms with E-state index in [0.717, 1.165) is 12.1 Å². The van der Waals surface area contributed by atoms with E-state index in [9.17, 15) is 15.0 Å². The van der Waals surface area contributed by atoms with Crippen LogP contribution in [0.2, 0.25) is 0 Å². The number of benzene rings is 2. The van der Waals surface area contributed by atoms with E-state index < -0.39 is 6.10 Å². The van der Waals surface area contributed by atoms with Crippen LogP contribution in [0.4, 0.5) is 5.69 Å². The topological polar surface area (TPSA) is 73.2 Å². The Morgan fingerprint density at radius 2 is 1.96 bits per heavy atom. The van der Waals surface area contributed by atoms with Crippen LogP contribution in [0.25, 0.3) is 0 Å². The third-order valence-electron chi connectivity index (χ3n) is 5.11. The number of rotatable bonds is 6. The maximum absolute atomic E-state index is 12.7. The van der Waals surface area contributed by atoms with Crippen molar-refractivity contribution in [1.29, 1.82) is 0 Å². The van der Waals surface area contributed by atoms with Gasteiger partial charge in [0.25, 0.3) is 0 Å². The number of aliphatic hydroxyl groups is 1. The van der Waals surface area contributed by atoms with Crippen molar-refractivity contribution in [3.05, 3.63) is 54.1 Å². The smallest absolute Gasteiger partial charge is 0.225 e. The van der Waals surface area contributed by atoms with Gasteiger partial charge >= 0.3 is 0 Å². The van der Waals surface area contributed by atoms with Crippen LogP contribution >= 0.6 is 0 Å². The molecule has 1 heterocycles. The number of hydrogen-bond donors (Lipinski definition) is 2. The molecule has 1 fully saturated rings. The number of amides is 1. The Balaban J connectivity index is 1.80. The number of nitrogens with zero attached hydrogens (tertiary/aromatic N) is 2. The molecule has 1 amide bonds. The third-order valence-corrected chi connectivity index (χ3v) is 5.11. The van der Waals surface area contributed by atoms with Crippen LogP contribution in [-0.2, 0) is 11.2 Å². The SMILES string of the molecule is COc1ccc(N2CCN(C(=O)C[C@H](C)O)[C@@H](Cc3ccccc3)C2)cc1O. The van der Waals surface area contributed by atoms with Gasteiger partial charge in [-0.1, -0.05) is 30.3 Å². The quantitative estimate of drug-likeness (QED) is 0.800. The summed E-state index contributed by atoms with van der Waals surface area (Å²) in [6.45, 7) is 3.55. The highest BCUT2D eigenvalue weighted by atomic mass is 16.5. The monoisotopic (exact) mass is 384 g/mol. The van der Waals surface area contributed by atoms with Crippen molar-refractivity contribution in [2.45, 2.75) is 31.9 Å². The summed E-state index contributed by atoms with van der Waals surface area (Å²) in [7, 11) is 1.52. The van der Waals surface area contributed by atoms with Crippen molar-refractivity contribution in [2.24, 2.45) is 0 Å². The molecule has 1 aliphatic heterocycles. The van der Waals surface area contributed by atoms with Gasteiger partial charge in [0.1, 0.15) is 0 Å². The molecule has 2 aromatic carbocycles. The van der Waals surface area contributed by atoms with Crippen molar-refractivity contribution < 1.29 is 19.7 Å². The van der Waals surface area contributed by atoms with Crippen LogP contribution in [0.5, 0.6) is 11.5 Å². The fraction of sp³-hybridized carbons (Fsp3) is 0.409. The second kappa shape index (κ2) is 8.97. The molecule has 28 heavy (non-hydrogen) atoms. The van der Waals surface area contributed by atoms with Gasteiger partial charge < -0.3 is 24.7 Å². The number of aliphatic hydroxyl groups excluding tert-OH is 1. The van der Waals surface area contributed by atoms with Crippen LogP contribution in [-0.4, -0.2) is 59.9 Å². The summed E-state index contributed by atoms with van der Waals surface area (Å²) in [4.78, 5) is 16.7. The summed E-state index contributed by atoms with van der Waals surface area (Å²) in [5.41, 5.74) is 2.07. The van der Waals surface area contributed by atoms with Gasteiger partial charge in [-0.15, -0.1) is 0 Å². The van der Waals surface area contributed by atoms with Gasteiger partial charge in [-0.3, -0.25) is 4.79 Å². The van der Waals surface area contributed by atoms with E-state index >= 15 is 0 Å². The van der Waals surface area contributed by atoms with Crippen molar-refractivity contribution in [1.82, 2.24) is 4.90 Å². The minimum absolute atomic E-state index is 0.00774. The number of phenolic OH excluding ortho intramolecular Hbond substituents is 1. The van der Waals surface area contributed by atoms with E-state index in [4.69, 9.17) is 4.74 Å². The average molecular weight is 384 g/mol. The van der Waals surface area contributed by atoms with Gasteiger partial charge in [0.05, 0.1) is 25.7 Å². The Morgan fingerprint density at radius 3 is 2.61 bits per heavy atom. The van der Waals surface area contributed by atoms with Gasteiger partial charge in [-0.25, -0.2) is 0 Å². The zero-order chi connectivity index (χ0) is 20.1. The molecule has 2 aromatic rings. The largest absolute Gasteiger partial charge is 0.504 e. The Kier molecular flexibility index (Phi) is 6.41. The predicted octanol–water partition coefficient (Wildman–Crippen LogP) is 2.43. The summed E-state index contributed by atoms with van der Waals surface area (Å²) in [6, 6.07) is 15.5. The van der Waals surface area contributed by atoms with Crippen molar-refractivity contribution in [3.63, 3.8) is 0 Å². The van der Waals surface area contributed by atoms with E-state index in [2.05, 4.69) is 17.0 Å². The molecule has 0 spiro atoms. The second-order valence-corrected chi connectivity index (χ2v) is 7.29. The van der Waals surface area contributed by atoms with Crippen LogP contribution < -0.4 is 9.64 Å². The summed E-state index contributed by atoms with van der Waals surface area (Å²) in [5, 5.41) is 19.8. The Morgan fingerprint density at radius 1 is 1.21 bits per heavy atom. The van der Waals surface area contributed by atoms with Gasteiger partial charge in [-0.05, 0) is 31.0 Å². The number of methoxy groups -OCH3 is 1. The van der Waals surface area contributed by atoms with E-state index in [1.165, 1.54) is 12.7 Å². The zero-order valence-electron chi connectivity index (χ0n) is 16.4. The van der Waals surface area contributed by atoms with Crippen LogP contribution in [0.3, 0.4) is 0 Å². The molecule has 0 aromatic heterocycles. The molecule has 1 aliphatic rings. The van der Waals surface area contributed by atoms with Gasteiger partial charge in [0.2, 0.25) is 5.91 Å². The number of carbonyl (C=O) groups is 1. The minimum atomic E-state index is -0.651. The normalized spacial score (nSPS) is 18.0. The standard InChI is InChI=1S/C22H28N2O4/c1-16(25)12-22(27)24-11-10-23(18-8-9-21(28-2)20(26)14-18)15-19(24)13-17-6-4-3-5-7-17/h3-9,14,16,19,25-26H,10-13,15H2,1-2H3/t16-,19-/m0/s1. The lowest BCUT2D eigenvalue weighted by Gasteiger charge is -2.43. The number of anilines is 1. The zero-order valence-corrected chi connectivity index (χ0v) is 16.4. The number of aromatic hydroxyl groups is 1. The first-order valence-corrected chi connectivity index (χ1v) is 9.61. The highest BCUT2D eigenvalue weighted by Gasteiger charge is 2.31. The Hall–Kier alpha value is -2.73. The molecule has 0 radical (unpaired) electrons. The first-order valence-electron chi connectivity index (χ1n) is 9.61. The second-order valence-electron chi connectivity index (χ2n) is 7.29. The molecule has 0 bridgehead atoms. The molecule has 2 N–H and O–H groups in total. The number of ether oxygens (including phenoxy) is 1. The summed E-state index contributed by atoms with van der Waals surface area (Å²) in [6.07, 6.45) is 0.223. The van der Waals surface area contributed by atoms with E-state index in [1.807, 2.05) is 29.2 Å². The maximum atomic E-state index is 12.7. The molecular formula is C22H28N2O4. The molecule has 6 heteroatoms. The highest BCUT2D eigenvalue weighted by Crippen LogP contribution is 2.31.